The van der Waals surface area contributed by atoms with Gasteiger partial charge in [-0.15, -0.1) is 0 Å². The highest BCUT2D eigenvalue weighted by molar-refractivity contribution is 6.37. The van der Waals surface area contributed by atoms with Crippen LogP contribution in [0.4, 0.5) is 0 Å². The fraction of sp³-hybridized carbons (Fsp3) is 0.111. The van der Waals surface area contributed by atoms with Crippen molar-refractivity contribution in [1.29, 1.82) is 0 Å². The van der Waals surface area contributed by atoms with Crippen molar-refractivity contribution in [1.82, 2.24) is 9.97 Å². The van der Waals surface area contributed by atoms with Crippen molar-refractivity contribution in [2.45, 2.75) is 6.92 Å². The number of hydrogen-bond acceptors (Lipinski definition) is 2. The van der Waals surface area contributed by atoms with Gasteiger partial charge in [-0.3, -0.25) is 0 Å². The number of rotatable bonds is 0. The van der Waals surface area contributed by atoms with Gasteiger partial charge in [-0.2, -0.15) is 0 Å². The normalized spacial score (nSPS) is 10.7. The average Bonchev–Trinajstić information content (AvgIpc) is 2.06. The van der Waals surface area contributed by atoms with Crippen LogP contribution in [-0.2, 0) is 0 Å². The van der Waals surface area contributed by atoms with Crippen molar-refractivity contribution in [3.8, 4) is 0 Å². The summed E-state index contributed by atoms with van der Waals surface area (Å²) in [6.07, 6.45) is 1.74. The van der Waals surface area contributed by atoms with Gasteiger partial charge < -0.3 is 0 Å². The summed E-state index contributed by atoms with van der Waals surface area (Å²) in [5.74, 6) is 0. The van der Waals surface area contributed by atoms with Gasteiger partial charge in [0, 0.05) is 11.6 Å². The van der Waals surface area contributed by atoms with E-state index in [0.29, 0.717) is 15.8 Å². The predicted octanol–water partition coefficient (Wildman–Crippen LogP) is 3.25. The highest BCUT2D eigenvalue weighted by Gasteiger charge is 2.03. The third-order valence-electron chi connectivity index (χ3n) is 1.72. The summed E-state index contributed by atoms with van der Waals surface area (Å²) in [6, 6.07) is 3.56. The maximum absolute atomic E-state index is 5.97. The highest BCUT2D eigenvalue weighted by atomic mass is 35.5. The molecule has 0 saturated carbocycles. The van der Waals surface area contributed by atoms with Crippen LogP contribution in [0.1, 0.15) is 5.56 Å². The lowest BCUT2D eigenvalue weighted by Crippen LogP contribution is -1.86. The van der Waals surface area contributed by atoms with Crippen LogP contribution >= 0.6 is 23.2 Å². The first-order valence-corrected chi connectivity index (χ1v) is 4.51. The van der Waals surface area contributed by atoms with E-state index in [9.17, 15) is 0 Å². The molecule has 4 heteroatoms. The van der Waals surface area contributed by atoms with Crippen LogP contribution in [0.15, 0.2) is 18.3 Å². The molecule has 0 unspecified atom stereocenters. The standard InChI is InChI=1S/C9H6Cl2N2/c1-5-2-6-7(10)3-8(11)13-9(6)12-4-5/h2-4H,1H3. The molecule has 0 saturated heterocycles. The van der Waals surface area contributed by atoms with Crippen molar-refractivity contribution in [3.05, 3.63) is 34.1 Å². The first-order valence-electron chi connectivity index (χ1n) is 3.75. The molecule has 2 heterocycles. The van der Waals surface area contributed by atoms with Crippen LogP contribution in [0, 0.1) is 6.92 Å². The van der Waals surface area contributed by atoms with E-state index < -0.39 is 0 Å². The van der Waals surface area contributed by atoms with Crippen LogP contribution in [0.2, 0.25) is 10.2 Å². The molecule has 13 heavy (non-hydrogen) atoms. The van der Waals surface area contributed by atoms with Gasteiger partial charge in [-0.1, -0.05) is 23.2 Å². The van der Waals surface area contributed by atoms with Crippen molar-refractivity contribution < 1.29 is 0 Å². The molecule has 0 fully saturated rings. The van der Waals surface area contributed by atoms with Gasteiger partial charge in [0.05, 0.1) is 5.02 Å². The number of halogens is 2. The van der Waals surface area contributed by atoms with Crippen molar-refractivity contribution >= 4 is 34.2 Å². The monoisotopic (exact) mass is 212 g/mol. The number of fused-ring (bicyclic) bond motifs is 1. The largest absolute Gasteiger partial charge is 0.236 e. The van der Waals surface area contributed by atoms with E-state index in [2.05, 4.69) is 9.97 Å². The smallest absolute Gasteiger partial charge is 0.162 e. The second kappa shape index (κ2) is 3.13. The Balaban J connectivity index is 2.87. The number of hydrogen-bond donors (Lipinski definition) is 0. The number of aryl methyl sites for hydroxylation is 1. The molecule has 0 spiro atoms. The first-order chi connectivity index (χ1) is 6.16. The molecule has 66 valence electrons. The average molecular weight is 213 g/mol. The van der Waals surface area contributed by atoms with E-state index >= 15 is 0 Å². The molecule has 0 aromatic carbocycles. The van der Waals surface area contributed by atoms with Gasteiger partial charge >= 0.3 is 0 Å². The Hall–Kier alpha value is -0.860. The molecule has 0 aliphatic carbocycles. The lowest BCUT2D eigenvalue weighted by atomic mass is 10.2. The molecule has 2 nitrogen and oxygen atoms in total. The second-order valence-corrected chi connectivity index (χ2v) is 3.61. The Labute approximate surface area is 85.5 Å². The van der Waals surface area contributed by atoms with E-state index in [-0.39, 0.29) is 0 Å². The molecule has 0 amide bonds. The molecule has 0 N–H and O–H groups in total. The first kappa shape index (κ1) is 8.73. The summed E-state index contributed by atoms with van der Waals surface area (Å²) >= 11 is 11.7. The van der Waals surface area contributed by atoms with Crippen LogP contribution < -0.4 is 0 Å². The molecule has 2 rings (SSSR count). The summed E-state index contributed by atoms with van der Waals surface area (Å²) < 4.78 is 0. The summed E-state index contributed by atoms with van der Waals surface area (Å²) in [6.45, 7) is 1.96. The number of nitrogens with zero attached hydrogens (tertiary/aromatic N) is 2. The Morgan fingerprint density at radius 2 is 2.00 bits per heavy atom. The minimum atomic E-state index is 0.369. The molecule has 2 aromatic rings. The van der Waals surface area contributed by atoms with Crippen LogP contribution in [0.5, 0.6) is 0 Å². The Kier molecular flexibility index (Phi) is 2.10. The summed E-state index contributed by atoms with van der Waals surface area (Å²) in [7, 11) is 0. The third-order valence-corrected chi connectivity index (χ3v) is 2.23. The minimum absolute atomic E-state index is 0.369. The van der Waals surface area contributed by atoms with Crippen molar-refractivity contribution in [2.75, 3.05) is 0 Å². The van der Waals surface area contributed by atoms with Gasteiger partial charge in [0.15, 0.2) is 5.65 Å². The predicted molar refractivity (Wildman–Crippen MR) is 54.3 cm³/mol. The number of pyridine rings is 2. The van der Waals surface area contributed by atoms with E-state index in [4.69, 9.17) is 23.2 Å². The number of aromatic nitrogens is 2. The molecule has 0 radical (unpaired) electrons. The molecule has 0 bridgehead atoms. The molecule has 0 aliphatic heterocycles. The van der Waals surface area contributed by atoms with Crippen molar-refractivity contribution in [3.63, 3.8) is 0 Å². The lowest BCUT2D eigenvalue weighted by Gasteiger charge is -2.00. The van der Waals surface area contributed by atoms with Crippen LogP contribution in [-0.4, -0.2) is 9.97 Å². The second-order valence-electron chi connectivity index (χ2n) is 2.81. The Morgan fingerprint density at radius 1 is 1.23 bits per heavy atom. The zero-order valence-corrected chi connectivity index (χ0v) is 8.39. The van der Waals surface area contributed by atoms with Gasteiger partial charge in [-0.25, -0.2) is 9.97 Å². The van der Waals surface area contributed by atoms with E-state index in [1.54, 1.807) is 12.3 Å². The zero-order valence-electron chi connectivity index (χ0n) is 6.88. The third kappa shape index (κ3) is 1.60. The Morgan fingerprint density at radius 3 is 2.77 bits per heavy atom. The maximum Gasteiger partial charge on any atom is 0.162 e. The molecular weight excluding hydrogens is 207 g/mol. The zero-order chi connectivity index (χ0) is 9.42. The fourth-order valence-electron chi connectivity index (χ4n) is 1.14. The lowest BCUT2D eigenvalue weighted by molar-refractivity contribution is 1.26. The molecule has 2 aromatic heterocycles. The topological polar surface area (TPSA) is 25.8 Å². The van der Waals surface area contributed by atoms with Gasteiger partial charge in [-0.05, 0) is 24.6 Å². The summed E-state index contributed by atoms with van der Waals surface area (Å²) in [4.78, 5) is 8.17. The van der Waals surface area contributed by atoms with E-state index in [1.807, 2.05) is 13.0 Å². The molecular formula is C9H6Cl2N2. The maximum atomic E-state index is 5.97. The molecule has 0 aliphatic rings. The SMILES string of the molecule is Cc1cnc2nc(Cl)cc(Cl)c2c1. The van der Waals surface area contributed by atoms with Crippen LogP contribution in [0.25, 0.3) is 11.0 Å². The quantitative estimate of drug-likeness (QED) is 0.627. The van der Waals surface area contributed by atoms with Gasteiger partial charge in [0.2, 0.25) is 0 Å². The highest BCUT2D eigenvalue weighted by Crippen LogP contribution is 2.24. The van der Waals surface area contributed by atoms with Crippen LogP contribution in [0.3, 0.4) is 0 Å². The van der Waals surface area contributed by atoms with Crippen molar-refractivity contribution in [2.24, 2.45) is 0 Å². The van der Waals surface area contributed by atoms with E-state index in [0.717, 1.165) is 10.9 Å². The van der Waals surface area contributed by atoms with Gasteiger partial charge in [0.25, 0.3) is 0 Å². The fourth-order valence-corrected chi connectivity index (χ4v) is 1.63. The van der Waals surface area contributed by atoms with E-state index in [1.165, 1.54) is 0 Å². The van der Waals surface area contributed by atoms with Gasteiger partial charge in [0.1, 0.15) is 5.15 Å². The Bertz CT molecular complexity index is 468. The summed E-state index contributed by atoms with van der Waals surface area (Å²) in [5.41, 5.74) is 1.64. The summed E-state index contributed by atoms with van der Waals surface area (Å²) in [5, 5.41) is 1.80. The minimum Gasteiger partial charge on any atom is -0.236 e. The molecule has 0 atom stereocenters.